The number of hydrogen-bond donors (Lipinski definition) is 0. The molecule has 0 heterocycles. The zero-order valence-corrected chi connectivity index (χ0v) is 12.8. The van der Waals surface area contributed by atoms with Crippen LogP contribution in [-0.4, -0.2) is 24.5 Å². The number of nitro benzene ring substituents is 2. The summed E-state index contributed by atoms with van der Waals surface area (Å²) in [7, 11) is -3.93. The second-order valence-corrected chi connectivity index (χ2v) is 6.59. The van der Waals surface area contributed by atoms with E-state index in [1.54, 1.807) is 0 Å². The molecule has 0 amide bonds. The van der Waals surface area contributed by atoms with Gasteiger partial charge in [0, 0.05) is 12.3 Å². The van der Waals surface area contributed by atoms with E-state index in [9.17, 15) is 33.0 Å². The Balaban J connectivity index is 2.55. The number of hydrogen-bond acceptors (Lipinski definition) is 7. The van der Waals surface area contributed by atoms with E-state index in [-0.39, 0.29) is 0 Å². The lowest BCUT2D eigenvalue weighted by Gasteiger charge is -2.09. The van der Waals surface area contributed by atoms with Crippen LogP contribution in [0, 0.1) is 26.0 Å². The second kappa shape index (κ2) is 6.20. The van der Waals surface area contributed by atoms with Gasteiger partial charge in [-0.2, -0.15) is 0 Å². The van der Waals surface area contributed by atoms with Crippen LogP contribution in [0.25, 0.3) is 0 Å². The van der Waals surface area contributed by atoms with E-state index in [1.165, 1.54) is 6.07 Å². The van der Waals surface area contributed by atoms with Crippen molar-refractivity contribution in [1.29, 1.82) is 0 Å². The van der Waals surface area contributed by atoms with Crippen LogP contribution in [0.15, 0.2) is 41.3 Å². The van der Waals surface area contributed by atoms with Gasteiger partial charge in [0.2, 0.25) is 5.75 Å². The number of benzene rings is 2. The molecule has 24 heavy (non-hydrogen) atoms. The number of nitro groups is 2. The molecular formula is C13H9FN2O7S. The van der Waals surface area contributed by atoms with Gasteiger partial charge in [-0.1, -0.05) is 6.07 Å². The van der Waals surface area contributed by atoms with Crippen LogP contribution in [0.2, 0.25) is 0 Å². The lowest BCUT2D eigenvalue weighted by molar-refractivity contribution is -0.388. The van der Waals surface area contributed by atoms with E-state index in [0.29, 0.717) is 6.07 Å². The van der Waals surface area contributed by atoms with Gasteiger partial charge in [-0.15, -0.1) is 0 Å². The molecule has 0 fully saturated rings. The van der Waals surface area contributed by atoms with Crippen LogP contribution in [0.4, 0.5) is 15.8 Å². The minimum Gasteiger partial charge on any atom is -0.447 e. The Bertz CT molecular complexity index is 943. The topological polar surface area (TPSA) is 130 Å². The maximum atomic E-state index is 13.8. The monoisotopic (exact) mass is 356 g/mol. The van der Waals surface area contributed by atoms with Gasteiger partial charge in [-0.25, -0.2) is 12.8 Å². The number of sulfone groups is 1. The molecule has 2 rings (SSSR count). The molecule has 0 atom stereocenters. The fourth-order valence-corrected chi connectivity index (χ4v) is 2.72. The predicted molar refractivity (Wildman–Crippen MR) is 79.3 cm³/mol. The molecule has 0 aliphatic heterocycles. The highest BCUT2D eigenvalue weighted by atomic mass is 32.2. The third-order valence-electron chi connectivity index (χ3n) is 2.89. The summed E-state index contributed by atoms with van der Waals surface area (Å²) in [5.41, 5.74) is -1.38. The van der Waals surface area contributed by atoms with E-state index in [4.69, 9.17) is 4.74 Å². The maximum Gasteiger partial charge on any atom is 0.330 e. The molecule has 0 aromatic heterocycles. The van der Waals surface area contributed by atoms with Gasteiger partial charge in [0.15, 0.2) is 21.4 Å². The SMILES string of the molecule is CS(=O)(=O)c1cccc(Oc2ccc([N+](=O)[O-])cc2F)c1[N+](=O)[O-]. The summed E-state index contributed by atoms with van der Waals surface area (Å²) >= 11 is 0. The maximum absolute atomic E-state index is 13.8. The lowest BCUT2D eigenvalue weighted by atomic mass is 10.2. The van der Waals surface area contributed by atoms with Crippen molar-refractivity contribution in [2.45, 2.75) is 4.90 Å². The van der Waals surface area contributed by atoms with Gasteiger partial charge in [0.05, 0.1) is 15.9 Å². The van der Waals surface area contributed by atoms with E-state index in [0.717, 1.165) is 30.5 Å². The van der Waals surface area contributed by atoms with Gasteiger partial charge in [0.25, 0.3) is 5.69 Å². The Hall–Kier alpha value is -3.08. The van der Waals surface area contributed by atoms with E-state index >= 15 is 0 Å². The number of para-hydroxylation sites is 1. The van der Waals surface area contributed by atoms with Crippen molar-refractivity contribution in [1.82, 2.24) is 0 Å². The van der Waals surface area contributed by atoms with Gasteiger partial charge in [0.1, 0.15) is 4.90 Å². The molecule has 0 N–H and O–H groups in total. The van der Waals surface area contributed by atoms with E-state index in [1.807, 2.05) is 0 Å². The number of nitrogens with zero attached hydrogens (tertiary/aromatic N) is 2. The van der Waals surface area contributed by atoms with Crippen molar-refractivity contribution in [2.24, 2.45) is 0 Å². The van der Waals surface area contributed by atoms with Crippen molar-refractivity contribution >= 4 is 21.2 Å². The average Bonchev–Trinajstić information content (AvgIpc) is 2.47. The first kappa shape index (κ1) is 17.3. The van der Waals surface area contributed by atoms with Gasteiger partial charge < -0.3 is 4.74 Å². The summed E-state index contributed by atoms with van der Waals surface area (Å²) in [6, 6.07) is 5.76. The number of halogens is 1. The highest BCUT2D eigenvalue weighted by molar-refractivity contribution is 7.90. The second-order valence-electron chi connectivity index (χ2n) is 4.61. The molecule has 0 aliphatic carbocycles. The molecule has 2 aromatic rings. The molecular weight excluding hydrogens is 347 g/mol. The summed E-state index contributed by atoms with van der Waals surface area (Å²) < 4.78 is 42.2. The van der Waals surface area contributed by atoms with Crippen molar-refractivity contribution in [3.63, 3.8) is 0 Å². The van der Waals surface area contributed by atoms with Crippen LogP contribution in [0.1, 0.15) is 0 Å². The molecule has 11 heteroatoms. The summed E-state index contributed by atoms with van der Waals surface area (Å²) in [5, 5.41) is 21.7. The molecule has 0 saturated heterocycles. The molecule has 0 saturated carbocycles. The van der Waals surface area contributed by atoms with E-state index < -0.39 is 53.3 Å². The Morgan fingerprint density at radius 2 is 1.71 bits per heavy atom. The highest BCUT2D eigenvalue weighted by Gasteiger charge is 2.28. The summed E-state index contributed by atoms with van der Waals surface area (Å²) in [5.74, 6) is -2.15. The van der Waals surface area contributed by atoms with Crippen LogP contribution in [0.5, 0.6) is 11.5 Å². The average molecular weight is 356 g/mol. The third kappa shape index (κ3) is 3.46. The smallest absolute Gasteiger partial charge is 0.330 e. The number of rotatable bonds is 5. The van der Waals surface area contributed by atoms with Crippen LogP contribution < -0.4 is 4.74 Å². The van der Waals surface area contributed by atoms with Crippen LogP contribution in [-0.2, 0) is 9.84 Å². The molecule has 9 nitrogen and oxygen atoms in total. The van der Waals surface area contributed by atoms with Gasteiger partial charge in [-0.05, 0) is 18.2 Å². The van der Waals surface area contributed by atoms with Crippen LogP contribution >= 0.6 is 0 Å². The summed E-state index contributed by atoms with van der Waals surface area (Å²) in [6.07, 6.45) is 0.783. The molecule has 0 radical (unpaired) electrons. The normalized spacial score (nSPS) is 11.1. The van der Waals surface area contributed by atoms with E-state index in [2.05, 4.69) is 0 Å². The standard InChI is InChI=1S/C13H9FN2O7S/c1-24(21,22)12-4-2-3-11(13(12)16(19)20)23-10-6-5-8(15(17)18)7-9(10)14/h2-7H,1H3. The Kier molecular flexibility index (Phi) is 4.46. The minimum absolute atomic E-state index is 0.504. The Morgan fingerprint density at radius 1 is 1.04 bits per heavy atom. The lowest BCUT2D eigenvalue weighted by Crippen LogP contribution is -2.04. The van der Waals surface area contributed by atoms with Gasteiger partial charge >= 0.3 is 5.69 Å². The summed E-state index contributed by atoms with van der Waals surface area (Å²) in [4.78, 5) is 19.4. The zero-order chi connectivity index (χ0) is 18.1. The first-order valence-corrected chi connectivity index (χ1v) is 8.09. The Labute approximate surface area is 134 Å². The fraction of sp³-hybridized carbons (Fsp3) is 0.0769. The number of ether oxygens (including phenoxy) is 1. The van der Waals surface area contributed by atoms with Crippen molar-refractivity contribution in [2.75, 3.05) is 6.26 Å². The quantitative estimate of drug-likeness (QED) is 0.594. The zero-order valence-electron chi connectivity index (χ0n) is 12.0. The first-order chi connectivity index (χ1) is 11.1. The fourth-order valence-electron chi connectivity index (χ4n) is 1.87. The third-order valence-corrected chi connectivity index (χ3v) is 4.02. The molecule has 0 aliphatic rings. The molecule has 0 spiro atoms. The molecule has 0 unspecified atom stereocenters. The Morgan fingerprint density at radius 3 is 2.21 bits per heavy atom. The largest absolute Gasteiger partial charge is 0.447 e. The molecule has 0 bridgehead atoms. The predicted octanol–water partition coefficient (Wildman–Crippen LogP) is 2.84. The number of non-ortho nitro benzene ring substituents is 1. The summed E-state index contributed by atoms with van der Waals surface area (Å²) in [6.45, 7) is 0. The molecule has 2 aromatic carbocycles. The minimum atomic E-state index is -3.93. The molecule has 126 valence electrons. The van der Waals surface area contributed by atoms with Crippen molar-refractivity contribution < 1.29 is 27.4 Å². The van der Waals surface area contributed by atoms with Crippen molar-refractivity contribution in [3.8, 4) is 11.5 Å². The van der Waals surface area contributed by atoms with Gasteiger partial charge in [-0.3, -0.25) is 20.2 Å². The highest BCUT2D eigenvalue weighted by Crippen LogP contribution is 2.37. The first-order valence-electron chi connectivity index (χ1n) is 6.20. The van der Waals surface area contributed by atoms with Crippen LogP contribution in [0.3, 0.4) is 0 Å². The van der Waals surface area contributed by atoms with Crippen molar-refractivity contribution in [3.05, 3.63) is 62.4 Å².